The van der Waals surface area contributed by atoms with Crippen molar-refractivity contribution >= 4 is 21.7 Å². The highest BCUT2D eigenvalue weighted by Gasteiger charge is 2.32. The number of carbonyl (C=O) groups excluding carboxylic acids is 1. The number of carbonyl (C=O) groups is 1. The highest BCUT2D eigenvalue weighted by Crippen LogP contribution is 2.26. The lowest BCUT2D eigenvalue weighted by molar-refractivity contribution is -0.275. The molecule has 0 spiro atoms. The Hall–Kier alpha value is -1.11. The summed E-state index contributed by atoms with van der Waals surface area (Å²) in [6.07, 6.45) is -2.27. The van der Waals surface area contributed by atoms with Gasteiger partial charge in [0.2, 0.25) is 0 Å². The molecule has 0 amide bonds. The van der Waals surface area contributed by atoms with Crippen molar-refractivity contribution in [2.75, 3.05) is 5.33 Å². The first kappa shape index (κ1) is 16.9. The Morgan fingerprint density at radius 2 is 1.90 bits per heavy atom. The van der Waals surface area contributed by atoms with Gasteiger partial charge in [-0.05, 0) is 31.0 Å². The van der Waals surface area contributed by atoms with E-state index in [4.69, 9.17) is 0 Å². The Morgan fingerprint density at radius 3 is 2.45 bits per heavy atom. The molecule has 0 fully saturated rings. The number of alkyl halides is 4. The van der Waals surface area contributed by atoms with Gasteiger partial charge in [-0.1, -0.05) is 22.4 Å². The van der Waals surface area contributed by atoms with E-state index in [2.05, 4.69) is 20.7 Å². The number of Topliss-reactive ketones (excluding diaryl/α,β-unsaturated/α-hetero) is 1. The van der Waals surface area contributed by atoms with Gasteiger partial charge in [0.05, 0.1) is 0 Å². The smallest absolute Gasteiger partial charge is 0.403 e. The van der Waals surface area contributed by atoms with Crippen molar-refractivity contribution in [3.63, 3.8) is 0 Å². The van der Waals surface area contributed by atoms with Crippen molar-refractivity contribution in [2.45, 2.75) is 32.0 Å². The second kappa shape index (κ2) is 7.61. The minimum absolute atomic E-state index is 0.0517. The molecule has 1 aromatic rings. The van der Waals surface area contributed by atoms with Crippen LogP contribution in [0.4, 0.5) is 17.6 Å². The van der Waals surface area contributed by atoms with Crippen LogP contribution in [0.5, 0.6) is 5.75 Å². The van der Waals surface area contributed by atoms with E-state index in [-0.39, 0.29) is 17.8 Å². The van der Waals surface area contributed by atoms with Crippen LogP contribution in [0.1, 0.15) is 36.0 Å². The molecule has 1 aromatic carbocycles. The largest absolute Gasteiger partial charge is 0.573 e. The number of benzene rings is 1. The van der Waals surface area contributed by atoms with Crippen LogP contribution in [-0.2, 0) is 0 Å². The van der Waals surface area contributed by atoms with Gasteiger partial charge in [-0.3, -0.25) is 4.79 Å². The highest BCUT2D eigenvalue weighted by atomic mass is 79.9. The summed E-state index contributed by atoms with van der Waals surface area (Å²) >= 11 is 3.26. The van der Waals surface area contributed by atoms with Crippen LogP contribution >= 0.6 is 15.9 Å². The summed E-state index contributed by atoms with van der Waals surface area (Å²) in [6.45, 7) is 0. The van der Waals surface area contributed by atoms with E-state index in [0.29, 0.717) is 6.42 Å². The maximum Gasteiger partial charge on any atom is 0.573 e. The minimum atomic E-state index is -4.96. The van der Waals surface area contributed by atoms with Crippen molar-refractivity contribution in [1.29, 1.82) is 0 Å². The predicted molar refractivity (Wildman–Crippen MR) is 69.7 cm³/mol. The molecule has 2 nitrogen and oxygen atoms in total. The van der Waals surface area contributed by atoms with Crippen molar-refractivity contribution in [3.8, 4) is 5.75 Å². The van der Waals surface area contributed by atoms with E-state index >= 15 is 0 Å². The van der Waals surface area contributed by atoms with Gasteiger partial charge in [0.25, 0.3) is 0 Å². The number of hydrogen-bond acceptors (Lipinski definition) is 2. The quantitative estimate of drug-likeness (QED) is 0.301. The molecule has 1 rings (SSSR count). The molecule has 0 saturated carbocycles. The van der Waals surface area contributed by atoms with E-state index in [0.717, 1.165) is 36.4 Å². The molecule has 0 aliphatic heterocycles. The van der Waals surface area contributed by atoms with Crippen LogP contribution in [-0.4, -0.2) is 17.5 Å². The van der Waals surface area contributed by atoms with Gasteiger partial charge in [-0.25, -0.2) is 4.39 Å². The molecular formula is C13H13BrF4O2. The number of hydrogen-bond donors (Lipinski definition) is 0. The normalized spacial score (nSPS) is 11.4. The van der Waals surface area contributed by atoms with Gasteiger partial charge >= 0.3 is 6.36 Å². The molecule has 0 saturated heterocycles. The lowest BCUT2D eigenvalue weighted by atomic mass is 10.0. The first-order valence-corrected chi connectivity index (χ1v) is 7.10. The summed E-state index contributed by atoms with van der Waals surface area (Å²) in [4.78, 5) is 11.7. The summed E-state index contributed by atoms with van der Waals surface area (Å²) in [5.41, 5.74) is 0.0517. The lowest BCUT2D eigenvalue weighted by Crippen LogP contribution is -2.18. The Morgan fingerprint density at radius 1 is 1.20 bits per heavy atom. The van der Waals surface area contributed by atoms with E-state index in [1.807, 2.05) is 0 Å². The van der Waals surface area contributed by atoms with Crippen molar-refractivity contribution < 1.29 is 27.1 Å². The fourth-order valence-corrected chi connectivity index (χ4v) is 1.98. The Labute approximate surface area is 122 Å². The molecule has 7 heteroatoms. The van der Waals surface area contributed by atoms with Crippen LogP contribution in [0, 0.1) is 5.82 Å². The molecule has 112 valence electrons. The first-order valence-electron chi connectivity index (χ1n) is 5.98. The van der Waals surface area contributed by atoms with Gasteiger partial charge in [0.1, 0.15) is 0 Å². The Balaban J connectivity index is 2.64. The van der Waals surface area contributed by atoms with Crippen LogP contribution in [0.3, 0.4) is 0 Å². The monoisotopic (exact) mass is 356 g/mol. The fraction of sp³-hybridized carbons (Fsp3) is 0.462. The fourth-order valence-electron chi connectivity index (χ4n) is 1.58. The van der Waals surface area contributed by atoms with E-state index < -0.39 is 17.9 Å². The van der Waals surface area contributed by atoms with Crippen LogP contribution in [0.2, 0.25) is 0 Å². The maximum atomic E-state index is 13.4. The molecule has 0 radical (unpaired) electrons. The summed E-state index contributed by atoms with van der Waals surface area (Å²) in [7, 11) is 0. The Bertz CT molecular complexity index is 460. The van der Waals surface area contributed by atoms with Crippen molar-refractivity contribution in [2.24, 2.45) is 0 Å². The topological polar surface area (TPSA) is 26.3 Å². The molecule has 20 heavy (non-hydrogen) atoms. The number of rotatable bonds is 7. The van der Waals surface area contributed by atoms with Gasteiger partial charge in [-0.2, -0.15) is 0 Å². The molecular weight excluding hydrogens is 344 g/mol. The number of ketones is 1. The Kier molecular flexibility index (Phi) is 6.45. The predicted octanol–water partition coefficient (Wildman–Crippen LogP) is 4.86. The zero-order valence-electron chi connectivity index (χ0n) is 10.5. The number of ether oxygens (including phenoxy) is 1. The highest BCUT2D eigenvalue weighted by molar-refractivity contribution is 9.09. The van der Waals surface area contributed by atoms with E-state index in [1.54, 1.807) is 0 Å². The van der Waals surface area contributed by atoms with E-state index in [9.17, 15) is 22.4 Å². The van der Waals surface area contributed by atoms with Crippen LogP contribution in [0.15, 0.2) is 18.2 Å². The number of unbranched alkanes of at least 4 members (excludes halogenated alkanes) is 2. The van der Waals surface area contributed by atoms with E-state index in [1.165, 1.54) is 0 Å². The lowest BCUT2D eigenvalue weighted by Gasteiger charge is -2.10. The summed E-state index contributed by atoms with van der Waals surface area (Å²) in [5.74, 6) is -2.43. The third-order valence-corrected chi connectivity index (χ3v) is 3.08. The molecule has 0 bridgehead atoms. The molecule has 0 unspecified atom stereocenters. The maximum absolute atomic E-state index is 13.4. The summed E-state index contributed by atoms with van der Waals surface area (Å²) in [5, 5.41) is 0.847. The molecule has 0 heterocycles. The van der Waals surface area contributed by atoms with Gasteiger partial charge < -0.3 is 4.74 Å². The van der Waals surface area contributed by atoms with Gasteiger partial charge in [-0.15, -0.1) is 13.2 Å². The first-order chi connectivity index (χ1) is 9.33. The second-order valence-electron chi connectivity index (χ2n) is 4.12. The number of halogens is 5. The summed E-state index contributed by atoms with van der Waals surface area (Å²) < 4.78 is 52.8. The standard InChI is InChI=1S/C13H13BrF4O2/c14-7-3-1-2-4-11(19)9-5-6-12(10(15)8-9)20-13(16,17)18/h5-6,8H,1-4,7H2. The molecule has 0 N–H and O–H groups in total. The zero-order valence-corrected chi connectivity index (χ0v) is 12.1. The van der Waals surface area contributed by atoms with Crippen molar-refractivity contribution in [1.82, 2.24) is 0 Å². The SMILES string of the molecule is O=C(CCCCCBr)c1ccc(OC(F)(F)F)c(F)c1. The van der Waals surface area contributed by atoms with Crippen molar-refractivity contribution in [3.05, 3.63) is 29.6 Å². The second-order valence-corrected chi connectivity index (χ2v) is 4.91. The third-order valence-electron chi connectivity index (χ3n) is 2.52. The van der Waals surface area contributed by atoms with Gasteiger partial charge in [0, 0.05) is 17.3 Å². The average molecular weight is 357 g/mol. The summed E-state index contributed by atoms with van der Waals surface area (Å²) in [6, 6.07) is 2.72. The zero-order chi connectivity index (χ0) is 15.2. The van der Waals surface area contributed by atoms with Gasteiger partial charge in [0.15, 0.2) is 17.3 Å². The molecule has 0 aliphatic carbocycles. The van der Waals surface area contributed by atoms with Crippen LogP contribution in [0.25, 0.3) is 0 Å². The average Bonchev–Trinajstić information content (AvgIpc) is 2.35. The molecule has 0 aromatic heterocycles. The molecule has 0 aliphatic rings. The minimum Gasteiger partial charge on any atom is -0.403 e. The third kappa shape index (κ3) is 5.90. The van der Waals surface area contributed by atoms with Crippen LogP contribution < -0.4 is 4.74 Å². The molecule has 0 atom stereocenters.